The minimum absolute atomic E-state index is 0.0110. The van der Waals surface area contributed by atoms with Crippen molar-refractivity contribution in [2.24, 2.45) is 0 Å². The Hall–Kier alpha value is -5.02. The first-order chi connectivity index (χ1) is 19.7. The molecule has 0 unspecified atom stereocenters. The van der Waals surface area contributed by atoms with Crippen LogP contribution in [0.2, 0.25) is 0 Å². The fourth-order valence-corrected chi connectivity index (χ4v) is 6.23. The highest BCUT2D eigenvalue weighted by molar-refractivity contribution is 6.98. The lowest BCUT2D eigenvalue weighted by Gasteiger charge is -2.34. The highest BCUT2D eigenvalue weighted by Crippen LogP contribution is 2.42. The first-order valence-electron chi connectivity index (χ1n) is 13.7. The quantitative estimate of drug-likeness (QED) is 0.226. The summed E-state index contributed by atoms with van der Waals surface area (Å²) in [5, 5.41) is 0. The van der Waals surface area contributed by atoms with Crippen LogP contribution in [-0.2, 0) is 0 Å². The van der Waals surface area contributed by atoms with Crippen molar-refractivity contribution in [3.63, 3.8) is 0 Å². The Labute approximate surface area is 234 Å². The minimum atomic E-state index is 0.0110. The van der Waals surface area contributed by atoms with Crippen molar-refractivity contribution >= 4 is 23.1 Å². The molecule has 2 heterocycles. The number of aryl methyl sites for hydroxylation is 1. The third-order valence-corrected chi connectivity index (χ3v) is 8.15. The molecule has 2 aliphatic heterocycles. The molecule has 2 nitrogen and oxygen atoms in total. The molecule has 2 aliphatic rings. The van der Waals surface area contributed by atoms with Gasteiger partial charge in [-0.25, -0.2) is 0 Å². The zero-order valence-electron chi connectivity index (χ0n) is 22.1. The number of ether oxygens (including phenoxy) is 2. The van der Waals surface area contributed by atoms with E-state index in [9.17, 15) is 0 Å². The minimum Gasteiger partial charge on any atom is -0.458 e. The van der Waals surface area contributed by atoms with E-state index >= 15 is 0 Å². The van der Waals surface area contributed by atoms with Crippen molar-refractivity contribution in [1.82, 2.24) is 0 Å². The van der Waals surface area contributed by atoms with Crippen molar-refractivity contribution in [3.05, 3.63) is 139 Å². The Morgan fingerprint density at radius 3 is 1.88 bits per heavy atom. The summed E-state index contributed by atoms with van der Waals surface area (Å²) < 4.78 is 13.6. The maximum atomic E-state index is 6.82. The van der Waals surface area contributed by atoms with Crippen LogP contribution in [0.3, 0.4) is 0 Å². The first kappa shape index (κ1) is 22.9. The average Bonchev–Trinajstić information content (AvgIpc) is 3.01. The average molecular weight is 512 g/mol. The smallest absolute Gasteiger partial charge is 0.260 e. The summed E-state index contributed by atoms with van der Waals surface area (Å²) in [6.07, 6.45) is 0. The Morgan fingerprint density at radius 2 is 1.10 bits per heavy atom. The third-order valence-electron chi connectivity index (χ3n) is 8.15. The molecular formula is C37H25BO2. The summed E-state index contributed by atoms with van der Waals surface area (Å²) in [5.74, 6) is 3.52. The summed E-state index contributed by atoms with van der Waals surface area (Å²) in [7, 11) is 0. The van der Waals surface area contributed by atoms with Crippen molar-refractivity contribution in [3.8, 4) is 56.4 Å². The summed E-state index contributed by atoms with van der Waals surface area (Å²) >= 11 is 0. The Bertz CT molecular complexity index is 1910. The van der Waals surface area contributed by atoms with Gasteiger partial charge in [0.05, 0.1) is 0 Å². The van der Waals surface area contributed by atoms with Crippen LogP contribution in [0.1, 0.15) is 5.56 Å². The lowest BCUT2D eigenvalue weighted by atomic mass is 9.34. The standard InChI is InChI=1S/C37H25BO2/c1-24-11-8-9-16-29(24)27-19-20-31-33(21-27)39-34-22-28(25-12-4-2-5-13-25)23-35-36(34)38(31)32-18-10-17-30(37(32)40-35)26-14-6-3-7-15-26/h2-23H,1H3. The molecule has 6 aromatic rings. The molecular weight excluding hydrogens is 487 g/mol. The maximum absolute atomic E-state index is 6.82. The molecule has 0 atom stereocenters. The van der Waals surface area contributed by atoms with Gasteiger partial charge in [0.1, 0.15) is 23.0 Å². The van der Waals surface area contributed by atoms with Gasteiger partial charge < -0.3 is 9.47 Å². The number of hydrogen-bond donors (Lipinski definition) is 0. The van der Waals surface area contributed by atoms with E-state index in [1.54, 1.807) is 0 Å². The van der Waals surface area contributed by atoms with E-state index in [-0.39, 0.29) is 6.71 Å². The van der Waals surface area contributed by atoms with Gasteiger partial charge in [-0.05, 0) is 69.4 Å². The van der Waals surface area contributed by atoms with Crippen LogP contribution in [-0.4, -0.2) is 6.71 Å². The second kappa shape index (κ2) is 9.03. The number of rotatable bonds is 3. The molecule has 0 aliphatic carbocycles. The third kappa shape index (κ3) is 3.59. The number of benzene rings is 6. The monoisotopic (exact) mass is 512 g/mol. The van der Waals surface area contributed by atoms with E-state index in [1.165, 1.54) is 11.1 Å². The topological polar surface area (TPSA) is 18.5 Å². The Balaban J connectivity index is 1.37. The highest BCUT2D eigenvalue weighted by atomic mass is 16.5. The summed E-state index contributed by atoms with van der Waals surface area (Å²) in [6, 6.07) is 46.9. The predicted octanol–water partition coefficient (Wildman–Crippen LogP) is 7.72. The Morgan fingerprint density at radius 1 is 0.450 bits per heavy atom. The van der Waals surface area contributed by atoms with Crippen LogP contribution >= 0.6 is 0 Å². The van der Waals surface area contributed by atoms with Crippen LogP contribution in [0.25, 0.3) is 33.4 Å². The SMILES string of the molecule is Cc1ccccc1-c1ccc2c(c1)Oc1cc(-c3ccccc3)cc3c1B2c1cccc(-c2ccccc2)c1O3. The van der Waals surface area contributed by atoms with Crippen LogP contribution in [0.15, 0.2) is 133 Å². The molecule has 0 fully saturated rings. The molecule has 3 heteroatoms. The van der Waals surface area contributed by atoms with Crippen molar-refractivity contribution < 1.29 is 9.47 Å². The van der Waals surface area contributed by atoms with Crippen molar-refractivity contribution in [1.29, 1.82) is 0 Å². The zero-order valence-corrected chi connectivity index (χ0v) is 22.1. The van der Waals surface area contributed by atoms with Gasteiger partial charge in [0.25, 0.3) is 6.71 Å². The summed E-state index contributed by atoms with van der Waals surface area (Å²) in [6.45, 7) is 2.17. The number of para-hydroxylation sites is 1. The Kier molecular flexibility index (Phi) is 5.18. The number of fused-ring (bicyclic) bond motifs is 4. The van der Waals surface area contributed by atoms with Gasteiger partial charge in [0.15, 0.2) is 0 Å². The van der Waals surface area contributed by atoms with E-state index in [0.29, 0.717) is 0 Å². The molecule has 0 N–H and O–H groups in total. The molecule has 0 bridgehead atoms. The lowest BCUT2D eigenvalue weighted by molar-refractivity contribution is 0.466. The lowest BCUT2D eigenvalue weighted by Crippen LogP contribution is -2.57. The molecule has 0 amide bonds. The highest BCUT2D eigenvalue weighted by Gasteiger charge is 2.41. The van der Waals surface area contributed by atoms with Crippen molar-refractivity contribution in [2.45, 2.75) is 6.92 Å². The van der Waals surface area contributed by atoms with Gasteiger partial charge in [-0.1, -0.05) is 115 Å². The molecule has 0 saturated heterocycles. The van der Waals surface area contributed by atoms with E-state index in [2.05, 4.69) is 128 Å². The molecule has 40 heavy (non-hydrogen) atoms. The molecule has 0 radical (unpaired) electrons. The van der Waals surface area contributed by atoms with Gasteiger partial charge in [-0.2, -0.15) is 0 Å². The van der Waals surface area contributed by atoms with Gasteiger partial charge >= 0.3 is 0 Å². The van der Waals surface area contributed by atoms with Crippen molar-refractivity contribution in [2.75, 3.05) is 0 Å². The molecule has 188 valence electrons. The van der Waals surface area contributed by atoms with Gasteiger partial charge in [0, 0.05) is 11.0 Å². The predicted molar refractivity (Wildman–Crippen MR) is 165 cm³/mol. The van der Waals surface area contributed by atoms with Crippen LogP contribution < -0.4 is 25.9 Å². The normalized spacial score (nSPS) is 12.5. The van der Waals surface area contributed by atoms with Crippen LogP contribution in [0, 0.1) is 6.92 Å². The second-order valence-corrected chi connectivity index (χ2v) is 10.5. The van der Waals surface area contributed by atoms with E-state index in [0.717, 1.165) is 67.2 Å². The first-order valence-corrected chi connectivity index (χ1v) is 13.7. The second-order valence-electron chi connectivity index (χ2n) is 10.5. The van der Waals surface area contributed by atoms with Crippen LogP contribution in [0.4, 0.5) is 0 Å². The largest absolute Gasteiger partial charge is 0.458 e. The van der Waals surface area contributed by atoms with Gasteiger partial charge in [-0.15, -0.1) is 0 Å². The molecule has 0 saturated carbocycles. The van der Waals surface area contributed by atoms with E-state index in [1.807, 2.05) is 12.1 Å². The number of hydrogen-bond acceptors (Lipinski definition) is 2. The molecule has 6 aromatic carbocycles. The summed E-state index contributed by atoms with van der Waals surface area (Å²) in [5.41, 5.74) is 11.5. The fourth-order valence-electron chi connectivity index (χ4n) is 6.23. The van der Waals surface area contributed by atoms with Gasteiger partial charge in [-0.3, -0.25) is 0 Å². The molecule has 8 rings (SSSR count). The van der Waals surface area contributed by atoms with E-state index < -0.39 is 0 Å². The fraction of sp³-hybridized carbons (Fsp3) is 0.0270. The van der Waals surface area contributed by atoms with E-state index in [4.69, 9.17) is 9.47 Å². The van der Waals surface area contributed by atoms with Crippen LogP contribution in [0.5, 0.6) is 23.0 Å². The summed E-state index contributed by atoms with van der Waals surface area (Å²) in [4.78, 5) is 0. The molecule has 0 aromatic heterocycles. The zero-order chi connectivity index (χ0) is 26.6. The van der Waals surface area contributed by atoms with Gasteiger partial charge in [0.2, 0.25) is 0 Å². The molecule has 0 spiro atoms. The maximum Gasteiger partial charge on any atom is 0.260 e.